The van der Waals surface area contributed by atoms with E-state index in [1.54, 1.807) is 31.2 Å². The van der Waals surface area contributed by atoms with E-state index in [4.69, 9.17) is 0 Å². The molecule has 9 heteroatoms. The van der Waals surface area contributed by atoms with Gasteiger partial charge < -0.3 is 20.8 Å². The van der Waals surface area contributed by atoms with Crippen LogP contribution in [0.1, 0.15) is 18.6 Å². The Morgan fingerprint density at radius 3 is 2.39 bits per heavy atom. The number of nitrogens with zero attached hydrogens (tertiary/aromatic N) is 1. The topological polar surface area (TPSA) is 119 Å². The van der Waals surface area contributed by atoms with Gasteiger partial charge in [-0.25, -0.2) is 12.7 Å². The molecule has 2 rings (SSSR count). The molecule has 2 aromatic rings. The molecule has 8 nitrogen and oxygen atoms in total. The summed E-state index contributed by atoms with van der Waals surface area (Å²) < 4.78 is 25.4. The molecule has 2 aromatic carbocycles. The molecule has 4 N–H and O–H groups in total. The molecule has 0 saturated heterocycles. The summed E-state index contributed by atoms with van der Waals surface area (Å²) in [7, 11) is -0.719. The van der Waals surface area contributed by atoms with Gasteiger partial charge in [0.25, 0.3) is 0 Å². The molecule has 2 atom stereocenters. The minimum atomic E-state index is -3.59. The van der Waals surface area contributed by atoms with Crippen molar-refractivity contribution >= 4 is 21.6 Å². The van der Waals surface area contributed by atoms with Crippen molar-refractivity contribution in [1.82, 2.24) is 9.62 Å². The van der Waals surface area contributed by atoms with Crippen LogP contribution in [-0.4, -0.2) is 55.5 Å². The molecule has 0 aliphatic rings. The Labute approximate surface area is 164 Å². The summed E-state index contributed by atoms with van der Waals surface area (Å²) in [4.78, 5) is 12.3. The van der Waals surface area contributed by atoms with Crippen LogP contribution in [-0.2, 0) is 14.8 Å². The van der Waals surface area contributed by atoms with E-state index in [2.05, 4.69) is 10.6 Å². The highest BCUT2D eigenvalue weighted by atomic mass is 32.2. The molecule has 0 radical (unpaired) electrons. The molecular formula is C19H25N3O5S. The summed E-state index contributed by atoms with van der Waals surface area (Å²) in [6, 6.07) is 11.7. The number of carbonyl (C=O) groups excluding carboxylic acids is 1. The second-order valence-corrected chi connectivity index (χ2v) is 8.72. The molecule has 0 aliphatic carbocycles. The van der Waals surface area contributed by atoms with Crippen LogP contribution in [0.3, 0.4) is 0 Å². The molecule has 152 valence electrons. The Bertz CT molecular complexity index is 913. The van der Waals surface area contributed by atoms with Crippen LogP contribution in [0, 0.1) is 0 Å². The summed E-state index contributed by atoms with van der Waals surface area (Å²) in [5.74, 6) is -0.265. The van der Waals surface area contributed by atoms with E-state index in [0.29, 0.717) is 11.3 Å². The van der Waals surface area contributed by atoms with Crippen LogP contribution in [0.5, 0.6) is 5.75 Å². The maximum absolute atomic E-state index is 12.2. The maximum Gasteiger partial charge on any atom is 0.242 e. The quantitative estimate of drug-likeness (QED) is 0.524. The van der Waals surface area contributed by atoms with Gasteiger partial charge in [-0.3, -0.25) is 4.79 Å². The molecule has 0 heterocycles. The molecule has 1 amide bonds. The number of sulfonamides is 1. The van der Waals surface area contributed by atoms with Crippen LogP contribution in [0.25, 0.3) is 0 Å². The summed E-state index contributed by atoms with van der Waals surface area (Å²) in [6.45, 7) is 1.66. The number of aliphatic hydroxyl groups is 1. The molecule has 0 aliphatic heterocycles. The number of aliphatic hydroxyl groups excluding tert-OH is 1. The van der Waals surface area contributed by atoms with Gasteiger partial charge in [-0.15, -0.1) is 0 Å². The number of amides is 1. The van der Waals surface area contributed by atoms with Crippen molar-refractivity contribution in [2.75, 3.05) is 26.0 Å². The van der Waals surface area contributed by atoms with E-state index in [9.17, 15) is 23.4 Å². The van der Waals surface area contributed by atoms with Crippen molar-refractivity contribution in [3.05, 3.63) is 54.1 Å². The van der Waals surface area contributed by atoms with E-state index in [0.717, 1.165) is 4.31 Å². The van der Waals surface area contributed by atoms with Gasteiger partial charge >= 0.3 is 0 Å². The molecular weight excluding hydrogens is 382 g/mol. The van der Waals surface area contributed by atoms with Gasteiger partial charge in [0.15, 0.2) is 0 Å². The van der Waals surface area contributed by atoms with Crippen molar-refractivity contribution in [1.29, 1.82) is 0 Å². The zero-order valence-corrected chi connectivity index (χ0v) is 16.8. The number of phenols is 1. The molecule has 28 heavy (non-hydrogen) atoms. The third-order valence-electron chi connectivity index (χ3n) is 4.19. The minimum absolute atomic E-state index is 0.0685. The van der Waals surface area contributed by atoms with E-state index >= 15 is 0 Å². The number of hydrogen-bond acceptors (Lipinski definition) is 6. The van der Waals surface area contributed by atoms with Crippen LogP contribution < -0.4 is 10.6 Å². The number of phenolic OH excluding ortho intramolecular Hbond substituents is 1. The lowest BCUT2D eigenvalue weighted by molar-refractivity contribution is -0.115. The van der Waals surface area contributed by atoms with Crippen molar-refractivity contribution < 1.29 is 23.4 Å². The molecule has 0 aromatic heterocycles. The second kappa shape index (κ2) is 9.16. The summed E-state index contributed by atoms with van der Waals surface area (Å²) in [5, 5.41) is 25.2. The predicted molar refractivity (Wildman–Crippen MR) is 106 cm³/mol. The van der Waals surface area contributed by atoms with E-state index in [1.165, 1.54) is 38.4 Å². The number of anilines is 1. The van der Waals surface area contributed by atoms with Gasteiger partial charge in [-0.1, -0.05) is 18.2 Å². The lowest BCUT2D eigenvalue weighted by atomic mass is 10.0. The standard InChI is InChI=1S/C19H25N3O5S/c1-13(19(25)14-7-9-16(23)10-8-14)20-12-18(24)21-15-5-4-6-17(11-15)28(26,27)22(2)3/h4-11,13,19-20,23,25H,12H2,1-3H3,(H,21,24)/t13-,19-/m1/s1. The molecule has 0 bridgehead atoms. The van der Waals surface area contributed by atoms with Crippen LogP contribution in [0.2, 0.25) is 0 Å². The highest BCUT2D eigenvalue weighted by molar-refractivity contribution is 7.89. The van der Waals surface area contributed by atoms with Gasteiger partial charge in [-0.05, 0) is 42.8 Å². The van der Waals surface area contributed by atoms with Crippen molar-refractivity contribution in [2.24, 2.45) is 0 Å². The average Bonchev–Trinajstić information content (AvgIpc) is 2.66. The fraction of sp³-hybridized carbons (Fsp3) is 0.316. The number of nitrogens with one attached hydrogen (secondary N) is 2. The number of benzene rings is 2. The molecule has 0 fully saturated rings. The Kier molecular flexibility index (Phi) is 7.14. The Morgan fingerprint density at radius 1 is 1.14 bits per heavy atom. The lowest BCUT2D eigenvalue weighted by Crippen LogP contribution is -2.38. The number of carbonyl (C=O) groups is 1. The number of hydrogen-bond donors (Lipinski definition) is 4. The normalized spacial score (nSPS) is 13.9. The lowest BCUT2D eigenvalue weighted by Gasteiger charge is -2.20. The van der Waals surface area contributed by atoms with Gasteiger partial charge in [0.2, 0.25) is 15.9 Å². The minimum Gasteiger partial charge on any atom is -0.508 e. The third-order valence-corrected chi connectivity index (χ3v) is 6.00. The summed E-state index contributed by atoms with van der Waals surface area (Å²) >= 11 is 0. The van der Waals surface area contributed by atoms with Crippen LogP contribution in [0.15, 0.2) is 53.4 Å². The zero-order valence-electron chi connectivity index (χ0n) is 16.0. The fourth-order valence-corrected chi connectivity index (χ4v) is 3.42. The highest BCUT2D eigenvalue weighted by Gasteiger charge is 2.19. The first kappa shape index (κ1) is 21.8. The summed E-state index contributed by atoms with van der Waals surface area (Å²) in [5.41, 5.74) is 0.973. The first-order valence-electron chi connectivity index (χ1n) is 8.64. The van der Waals surface area contributed by atoms with E-state index < -0.39 is 22.2 Å². The second-order valence-electron chi connectivity index (χ2n) is 6.57. The third kappa shape index (κ3) is 5.52. The van der Waals surface area contributed by atoms with Crippen molar-refractivity contribution in [3.8, 4) is 5.75 Å². The van der Waals surface area contributed by atoms with Crippen LogP contribution >= 0.6 is 0 Å². The Morgan fingerprint density at radius 2 is 1.79 bits per heavy atom. The number of rotatable bonds is 8. The molecule has 0 unspecified atom stereocenters. The van der Waals surface area contributed by atoms with Gasteiger partial charge in [0.05, 0.1) is 17.5 Å². The highest BCUT2D eigenvalue weighted by Crippen LogP contribution is 2.20. The largest absolute Gasteiger partial charge is 0.508 e. The zero-order chi connectivity index (χ0) is 20.9. The molecule has 0 saturated carbocycles. The fourth-order valence-electron chi connectivity index (χ4n) is 2.48. The summed E-state index contributed by atoms with van der Waals surface area (Å²) in [6.07, 6.45) is -0.859. The van der Waals surface area contributed by atoms with Crippen molar-refractivity contribution in [3.63, 3.8) is 0 Å². The maximum atomic E-state index is 12.2. The van der Waals surface area contributed by atoms with E-state index in [-0.39, 0.29) is 23.1 Å². The van der Waals surface area contributed by atoms with E-state index in [1.807, 2.05) is 0 Å². The smallest absolute Gasteiger partial charge is 0.242 e. The van der Waals surface area contributed by atoms with Gasteiger partial charge in [-0.2, -0.15) is 0 Å². The van der Waals surface area contributed by atoms with Crippen LogP contribution in [0.4, 0.5) is 5.69 Å². The first-order valence-corrected chi connectivity index (χ1v) is 10.1. The van der Waals surface area contributed by atoms with Gasteiger partial charge in [0, 0.05) is 25.8 Å². The predicted octanol–water partition coefficient (Wildman–Crippen LogP) is 1.29. The average molecular weight is 407 g/mol. The monoisotopic (exact) mass is 407 g/mol. The first-order chi connectivity index (χ1) is 13.1. The Balaban J connectivity index is 1.94. The molecule has 0 spiro atoms. The number of aromatic hydroxyl groups is 1. The van der Waals surface area contributed by atoms with Gasteiger partial charge in [0.1, 0.15) is 5.75 Å². The Hall–Kier alpha value is -2.46. The SMILES string of the molecule is C[C@@H](NCC(=O)Nc1cccc(S(=O)(=O)N(C)C)c1)[C@@H](O)c1ccc(O)cc1. The van der Waals surface area contributed by atoms with Crippen molar-refractivity contribution in [2.45, 2.75) is 24.0 Å².